The summed E-state index contributed by atoms with van der Waals surface area (Å²) >= 11 is 8.90. The van der Waals surface area contributed by atoms with Crippen LogP contribution in [-0.4, -0.2) is 6.54 Å². The van der Waals surface area contributed by atoms with Gasteiger partial charge in [0.05, 0.1) is 6.04 Å². The average Bonchev–Trinajstić information content (AvgIpc) is 2.85. The SMILES string of the molecule is CCCNC(c1ccsc1)c1ccc(Br)cc1Br. The van der Waals surface area contributed by atoms with Gasteiger partial charge in [-0.3, -0.25) is 0 Å². The summed E-state index contributed by atoms with van der Waals surface area (Å²) in [7, 11) is 0. The summed E-state index contributed by atoms with van der Waals surface area (Å²) in [5, 5.41) is 7.95. The van der Waals surface area contributed by atoms with Crippen LogP contribution >= 0.6 is 43.2 Å². The van der Waals surface area contributed by atoms with Gasteiger partial charge >= 0.3 is 0 Å². The second-order valence-corrected chi connectivity index (χ2v) is 6.66. The number of halogens is 2. The molecule has 0 bridgehead atoms. The highest BCUT2D eigenvalue weighted by molar-refractivity contribution is 9.11. The molecule has 0 aliphatic rings. The lowest BCUT2D eigenvalue weighted by molar-refractivity contribution is 0.598. The summed E-state index contributed by atoms with van der Waals surface area (Å²) in [6.45, 7) is 3.21. The van der Waals surface area contributed by atoms with Crippen LogP contribution in [0.4, 0.5) is 0 Å². The molecule has 0 saturated carbocycles. The van der Waals surface area contributed by atoms with E-state index >= 15 is 0 Å². The van der Waals surface area contributed by atoms with Crippen LogP contribution in [0.5, 0.6) is 0 Å². The van der Waals surface area contributed by atoms with Crippen molar-refractivity contribution in [3.63, 3.8) is 0 Å². The Morgan fingerprint density at radius 2 is 2.11 bits per heavy atom. The van der Waals surface area contributed by atoms with E-state index in [1.807, 2.05) is 0 Å². The van der Waals surface area contributed by atoms with Crippen LogP contribution < -0.4 is 5.32 Å². The highest BCUT2D eigenvalue weighted by atomic mass is 79.9. The van der Waals surface area contributed by atoms with Gasteiger partial charge in [0.25, 0.3) is 0 Å². The Morgan fingerprint density at radius 1 is 1.28 bits per heavy atom. The zero-order valence-electron chi connectivity index (χ0n) is 10.1. The van der Waals surface area contributed by atoms with E-state index in [0.717, 1.165) is 21.9 Å². The highest BCUT2D eigenvalue weighted by Gasteiger charge is 2.16. The van der Waals surface area contributed by atoms with Gasteiger partial charge in [0.15, 0.2) is 0 Å². The number of thiophene rings is 1. The standard InChI is InChI=1S/C14H15Br2NS/c1-2-6-17-14(10-5-7-18-9-10)12-4-3-11(15)8-13(12)16/h3-5,7-9,14,17H,2,6H2,1H3. The maximum atomic E-state index is 3.66. The van der Waals surface area contributed by atoms with Gasteiger partial charge in [-0.25, -0.2) is 0 Å². The first kappa shape index (κ1) is 14.3. The average molecular weight is 389 g/mol. The fourth-order valence-electron chi connectivity index (χ4n) is 1.87. The minimum Gasteiger partial charge on any atom is -0.306 e. The lowest BCUT2D eigenvalue weighted by Crippen LogP contribution is -2.23. The third-order valence-electron chi connectivity index (χ3n) is 2.75. The molecular weight excluding hydrogens is 374 g/mol. The molecule has 1 unspecified atom stereocenters. The van der Waals surface area contributed by atoms with Gasteiger partial charge in [-0.15, -0.1) is 0 Å². The molecule has 2 aromatic rings. The molecule has 1 aromatic carbocycles. The first-order valence-corrected chi connectivity index (χ1v) is 8.45. The Kier molecular flexibility index (Phi) is 5.42. The first-order valence-electron chi connectivity index (χ1n) is 5.92. The Morgan fingerprint density at radius 3 is 2.72 bits per heavy atom. The fourth-order valence-corrected chi connectivity index (χ4v) is 3.83. The molecule has 1 N–H and O–H groups in total. The highest BCUT2D eigenvalue weighted by Crippen LogP contribution is 2.31. The van der Waals surface area contributed by atoms with E-state index in [9.17, 15) is 0 Å². The maximum Gasteiger partial charge on any atom is 0.0596 e. The van der Waals surface area contributed by atoms with E-state index in [2.05, 4.69) is 79.1 Å². The van der Waals surface area contributed by atoms with E-state index in [0.29, 0.717) is 0 Å². The molecule has 1 atom stereocenters. The number of nitrogens with one attached hydrogen (secondary N) is 1. The lowest BCUT2D eigenvalue weighted by atomic mass is 10.0. The molecule has 1 aromatic heterocycles. The number of hydrogen-bond donors (Lipinski definition) is 1. The van der Waals surface area contributed by atoms with Crippen molar-refractivity contribution in [2.45, 2.75) is 19.4 Å². The summed E-state index contributed by atoms with van der Waals surface area (Å²) in [6, 6.07) is 8.81. The maximum absolute atomic E-state index is 3.66. The van der Waals surface area contributed by atoms with Gasteiger partial charge < -0.3 is 5.32 Å². The summed E-state index contributed by atoms with van der Waals surface area (Å²) in [6.07, 6.45) is 1.13. The van der Waals surface area contributed by atoms with Crippen molar-refractivity contribution in [1.29, 1.82) is 0 Å². The number of rotatable bonds is 5. The van der Waals surface area contributed by atoms with E-state index in [-0.39, 0.29) is 6.04 Å². The molecular formula is C14H15Br2NS. The van der Waals surface area contributed by atoms with Gasteiger partial charge in [0, 0.05) is 8.95 Å². The predicted molar refractivity (Wildman–Crippen MR) is 86.3 cm³/mol. The largest absolute Gasteiger partial charge is 0.306 e. The van der Waals surface area contributed by atoms with Crippen LogP contribution in [0.3, 0.4) is 0 Å². The molecule has 0 aliphatic heterocycles. The molecule has 0 saturated heterocycles. The third kappa shape index (κ3) is 3.44. The van der Waals surface area contributed by atoms with Gasteiger partial charge in [-0.05, 0) is 53.1 Å². The van der Waals surface area contributed by atoms with Gasteiger partial charge in [0.2, 0.25) is 0 Å². The summed E-state index contributed by atoms with van der Waals surface area (Å²) in [4.78, 5) is 0. The third-order valence-corrected chi connectivity index (χ3v) is 4.63. The second kappa shape index (κ2) is 6.85. The van der Waals surface area contributed by atoms with Crippen molar-refractivity contribution in [3.8, 4) is 0 Å². The van der Waals surface area contributed by atoms with Crippen LogP contribution in [-0.2, 0) is 0 Å². The molecule has 1 nitrogen and oxygen atoms in total. The van der Waals surface area contributed by atoms with Crippen LogP contribution in [0.1, 0.15) is 30.5 Å². The van der Waals surface area contributed by atoms with Crippen molar-refractivity contribution in [2.75, 3.05) is 6.54 Å². The summed E-state index contributed by atoms with van der Waals surface area (Å²) in [5.41, 5.74) is 2.61. The summed E-state index contributed by atoms with van der Waals surface area (Å²) in [5.74, 6) is 0. The van der Waals surface area contributed by atoms with Gasteiger partial charge in [-0.1, -0.05) is 44.8 Å². The van der Waals surface area contributed by atoms with E-state index in [1.54, 1.807) is 11.3 Å². The number of hydrogen-bond acceptors (Lipinski definition) is 2. The molecule has 0 spiro atoms. The summed E-state index contributed by atoms with van der Waals surface area (Å²) < 4.78 is 2.23. The predicted octanol–water partition coefficient (Wildman–Crippen LogP) is 5.36. The Bertz CT molecular complexity index is 497. The molecule has 0 fully saturated rings. The smallest absolute Gasteiger partial charge is 0.0596 e. The molecule has 2 rings (SSSR count). The molecule has 0 amide bonds. The van der Waals surface area contributed by atoms with Crippen molar-refractivity contribution in [3.05, 3.63) is 55.1 Å². The molecule has 18 heavy (non-hydrogen) atoms. The molecule has 0 aliphatic carbocycles. The minimum absolute atomic E-state index is 0.263. The van der Waals surface area contributed by atoms with Crippen molar-refractivity contribution in [2.24, 2.45) is 0 Å². The Hall–Kier alpha value is -0.160. The van der Waals surface area contributed by atoms with Crippen LogP contribution in [0, 0.1) is 0 Å². The van der Waals surface area contributed by atoms with E-state index in [1.165, 1.54) is 11.1 Å². The molecule has 1 heterocycles. The number of benzene rings is 1. The molecule has 96 valence electrons. The van der Waals surface area contributed by atoms with Crippen LogP contribution in [0.2, 0.25) is 0 Å². The minimum atomic E-state index is 0.263. The van der Waals surface area contributed by atoms with Crippen LogP contribution in [0.15, 0.2) is 44.0 Å². The lowest BCUT2D eigenvalue weighted by Gasteiger charge is -2.19. The monoisotopic (exact) mass is 387 g/mol. The van der Waals surface area contributed by atoms with Crippen molar-refractivity contribution >= 4 is 43.2 Å². The Labute approximate surface area is 129 Å². The zero-order valence-corrected chi connectivity index (χ0v) is 14.1. The zero-order chi connectivity index (χ0) is 13.0. The molecule has 4 heteroatoms. The van der Waals surface area contributed by atoms with Crippen molar-refractivity contribution in [1.82, 2.24) is 5.32 Å². The van der Waals surface area contributed by atoms with Gasteiger partial charge in [0.1, 0.15) is 0 Å². The van der Waals surface area contributed by atoms with Gasteiger partial charge in [-0.2, -0.15) is 11.3 Å². The quantitative estimate of drug-likeness (QED) is 0.726. The topological polar surface area (TPSA) is 12.0 Å². The molecule has 0 radical (unpaired) electrons. The fraction of sp³-hybridized carbons (Fsp3) is 0.286. The van der Waals surface area contributed by atoms with E-state index < -0.39 is 0 Å². The Balaban J connectivity index is 2.33. The second-order valence-electron chi connectivity index (χ2n) is 4.11. The first-order chi connectivity index (χ1) is 8.72. The normalized spacial score (nSPS) is 12.6. The van der Waals surface area contributed by atoms with Crippen LogP contribution in [0.25, 0.3) is 0 Å². The van der Waals surface area contributed by atoms with Crippen molar-refractivity contribution < 1.29 is 0 Å². The van der Waals surface area contributed by atoms with E-state index in [4.69, 9.17) is 0 Å².